The summed E-state index contributed by atoms with van der Waals surface area (Å²) in [6.45, 7) is -0.0780. The summed E-state index contributed by atoms with van der Waals surface area (Å²) in [5.74, 6) is 2.11. The van der Waals surface area contributed by atoms with E-state index in [1.807, 2.05) is 0 Å². The van der Waals surface area contributed by atoms with Gasteiger partial charge in [-0.1, -0.05) is 35.2 Å². The second kappa shape index (κ2) is 6.83. The number of halogens is 2. The van der Waals surface area contributed by atoms with E-state index in [-0.39, 0.29) is 33.2 Å². The number of ether oxygens (including phenoxy) is 1. The summed E-state index contributed by atoms with van der Waals surface area (Å²) < 4.78 is 32.1. The van der Waals surface area contributed by atoms with Crippen LogP contribution in [0.3, 0.4) is 0 Å². The van der Waals surface area contributed by atoms with Gasteiger partial charge in [0.05, 0.1) is 10.0 Å². The average molecular weight is 358 g/mol. The van der Waals surface area contributed by atoms with Gasteiger partial charge in [0, 0.05) is 12.4 Å². The fourth-order valence-electron chi connectivity index (χ4n) is 1.48. The molecule has 0 saturated carbocycles. The standard InChI is InChI=1S/C13H9Cl2N3O3S/c1-2-8-21-13-12(16-6-7-17-13)18-22(19,20)10-5-3-4-9(14)11(10)15/h1,3-7H,8H2,(H,16,18). The van der Waals surface area contributed by atoms with Gasteiger partial charge >= 0.3 is 0 Å². The van der Waals surface area contributed by atoms with E-state index < -0.39 is 10.0 Å². The van der Waals surface area contributed by atoms with E-state index in [9.17, 15) is 8.42 Å². The lowest BCUT2D eigenvalue weighted by Gasteiger charge is -2.11. The molecule has 1 N–H and O–H groups in total. The summed E-state index contributed by atoms with van der Waals surface area (Å²) in [4.78, 5) is 7.55. The van der Waals surface area contributed by atoms with Crippen molar-refractivity contribution in [2.45, 2.75) is 4.90 Å². The number of rotatable bonds is 5. The molecule has 1 aromatic carbocycles. The van der Waals surface area contributed by atoms with Crippen molar-refractivity contribution < 1.29 is 13.2 Å². The van der Waals surface area contributed by atoms with Crippen LogP contribution in [0.2, 0.25) is 10.0 Å². The highest BCUT2D eigenvalue weighted by Gasteiger charge is 2.22. The van der Waals surface area contributed by atoms with E-state index in [4.69, 9.17) is 34.4 Å². The number of benzene rings is 1. The van der Waals surface area contributed by atoms with Crippen LogP contribution < -0.4 is 9.46 Å². The lowest BCUT2D eigenvalue weighted by atomic mass is 10.4. The summed E-state index contributed by atoms with van der Waals surface area (Å²) >= 11 is 11.7. The van der Waals surface area contributed by atoms with Crippen LogP contribution in [0.5, 0.6) is 5.88 Å². The molecular weight excluding hydrogens is 349 g/mol. The smallest absolute Gasteiger partial charge is 0.264 e. The fraction of sp³-hybridized carbons (Fsp3) is 0.0769. The molecule has 0 radical (unpaired) electrons. The van der Waals surface area contributed by atoms with Crippen LogP contribution >= 0.6 is 23.2 Å². The minimum atomic E-state index is -4.01. The predicted molar refractivity (Wildman–Crippen MR) is 83.6 cm³/mol. The molecule has 6 nitrogen and oxygen atoms in total. The summed E-state index contributed by atoms with van der Waals surface area (Å²) in [7, 11) is -4.01. The van der Waals surface area contributed by atoms with E-state index in [1.54, 1.807) is 0 Å². The minimum Gasteiger partial charge on any atom is -0.462 e. The number of aromatic nitrogens is 2. The largest absolute Gasteiger partial charge is 0.462 e. The number of nitrogens with zero attached hydrogens (tertiary/aromatic N) is 2. The van der Waals surface area contributed by atoms with Crippen LogP contribution in [-0.2, 0) is 10.0 Å². The maximum absolute atomic E-state index is 12.4. The molecule has 0 fully saturated rings. The number of nitrogens with one attached hydrogen (secondary N) is 1. The van der Waals surface area contributed by atoms with Crippen molar-refractivity contribution in [3.05, 3.63) is 40.6 Å². The van der Waals surface area contributed by atoms with Crippen molar-refractivity contribution in [2.24, 2.45) is 0 Å². The van der Waals surface area contributed by atoms with Crippen molar-refractivity contribution >= 4 is 39.0 Å². The Balaban J connectivity index is 2.38. The quantitative estimate of drug-likeness (QED) is 0.831. The Morgan fingerprint density at radius 3 is 2.73 bits per heavy atom. The van der Waals surface area contributed by atoms with Gasteiger partial charge in [-0.2, -0.15) is 0 Å². The molecule has 0 aliphatic rings. The fourth-order valence-corrected chi connectivity index (χ4v) is 3.25. The number of anilines is 1. The van der Waals surface area contributed by atoms with Crippen molar-refractivity contribution in [3.8, 4) is 18.2 Å². The number of hydrogen-bond acceptors (Lipinski definition) is 5. The molecular formula is C13H9Cl2N3O3S. The SMILES string of the molecule is C#CCOc1nccnc1NS(=O)(=O)c1cccc(Cl)c1Cl. The van der Waals surface area contributed by atoms with Crippen LogP contribution in [0.25, 0.3) is 0 Å². The predicted octanol–water partition coefficient (Wildman–Crippen LogP) is 2.60. The molecule has 1 heterocycles. The maximum Gasteiger partial charge on any atom is 0.264 e. The minimum absolute atomic E-state index is 0.0397. The molecule has 0 bridgehead atoms. The molecule has 1 aromatic heterocycles. The molecule has 2 rings (SSSR count). The highest BCUT2D eigenvalue weighted by atomic mass is 35.5. The first kappa shape index (κ1) is 16.4. The number of hydrogen-bond donors (Lipinski definition) is 1. The topological polar surface area (TPSA) is 81.2 Å². The summed E-state index contributed by atoms with van der Waals surface area (Å²) in [6, 6.07) is 4.26. The van der Waals surface area contributed by atoms with Crippen molar-refractivity contribution in [1.82, 2.24) is 9.97 Å². The van der Waals surface area contributed by atoms with Gasteiger partial charge in [-0.15, -0.1) is 6.42 Å². The molecule has 0 spiro atoms. The van der Waals surface area contributed by atoms with Crippen LogP contribution in [0.15, 0.2) is 35.5 Å². The van der Waals surface area contributed by atoms with Gasteiger partial charge in [-0.3, -0.25) is 4.72 Å². The Hall–Kier alpha value is -2.01. The first-order chi connectivity index (χ1) is 10.5. The highest BCUT2D eigenvalue weighted by molar-refractivity contribution is 7.92. The Labute approximate surface area is 137 Å². The average Bonchev–Trinajstić information content (AvgIpc) is 2.48. The molecule has 0 aliphatic heterocycles. The summed E-state index contributed by atoms with van der Waals surface area (Å²) in [5.41, 5.74) is 0. The summed E-state index contributed by atoms with van der Waals surface area (Å²) in [6.07, 6.45) is 7.74. The van der Waals surface area contributed by atoms with Gasteiger partial charge in [-0.05, 0) is 12.1 Å². The Morgan fingerprint density at radius 2 is 2.00 bits per heavy atom. The molecule has 0 unspecified atom stereocenters. The third-order valence-electron chi connectivity index (χ3n) is 2.39. The van der Waals surface area contributed by atoms with Crippen LogP contribution in [-0.4, -0.2) is 25.0 Å². The molecule has 0 amide bonds. The van der Waals surface area contributed by atoms with Gasteiger partial charge in [0.1, 0.15) is 4.90 Å². The third kappa shape index (κ3) is 3.60. The molecule has 9 heteroatoms. The van der Waals surface area contributed by atoms with E-state index in [1.165, 1.54) is 30.6 Å². The molecule has 22 heavy (non-hydrogen) atoms. The first-order valence-corrected chi connectivity index (χ1v) is 8.03. The zero-order chi connectivity index (χ0) is 16.2. The van der Waals surface area contributed by atoms with E-state index >= 15 is 0 Å². The molecule has 2 aromatic rings. The molecule has 114 valence electrons. The highest BCUT2D eigenvalue weighted by Crippen LogP contribution is 2.30. The number of terminal acetylenes is 1. The maximum atomic E-state index is 12.4. The van der Waals surface area contributed by atoms with Crippen molar-refractivity contribution in [2.75, 3.05) is 11.3 Å². The number of sulfonamides is 1. The normalized spacial score (nSPS) is 10.8. The van der Waals surface area contributed by atoms with Gasteiger partial charge in [0.2, 0.25) is 5.82 Å². The van der Waals surface area contributed by atoms with E-state index in [2.05, 4.69) is 20.6 Å². The third-order valence-corrected chi connectivity index (χ3v) is 4.71. The lowest BCUT2D eigenvalue weighted by Crippen LogP contribution is -2.16. The Bertz CT molecular complexity index is 835. The summed E-state index contributed by atoms with van der Waals surface area (Å²) in [5, 5.41) is 0.0270. The Kier molecular flexibility index (Phi) is 5.08. The van der Waals surface area contributed by atoms with Gasteiger partial charge in [-0.25, -0.2) is 18.4 Å². The molecule has 0 saturated heterocycles. The molecule has 0 aliphatic carbocycles. The van der Waals surface area contributed by atoms with Crippen molar-refractivity contribution in [3.63, 3.8) is 0 Å². The van der Waals surface area contributed by atoms with Gasteiger partial charge in [0.25, 0.3) is 15.9 Å². The van der Waals surface area contributed by atoms with Crippen molar-refractivity contribution in [1.29, 1.82) is 0 Å². The second-order valence-corrected chi connectivity index (χ2v) is 6.30. The zero-order valence-electron chi connectivity index (χ0n) is 11.0. The lowest BCUT2D eigenvalue weighted by molar-refractivity contribution is 0.356. The van der Waals surface area contributed by atoms with Crippen LogP contribution in [0, 0.1) is 12.3 Å². The second-order valence-electron chi connectivity index (χ2n) is 3.86. The zero-order valence-corrected chi connectivity index (χ0v) is 13.3. The van der Waals surface area contributed by atoms with Crippen LogP contribution in [0.1, 0.15) is 0 Å². The first-order valence-electron chi connectivity index (χ1n) is 5.80. The van der Waals surface area contributed by atoms with E-state index in [0.717, 1.165) is 0 Å². The molecule has 0 atom stereocenters. The van der Waals surface area contributed by atoms with Gasteiger partial charge in [0.15, 0.2) is 6.61 Å². The van der Waals surface area contributed by atoms with Gasteiger partial charge < -0.3 is 4.74 Å². The van der Waals surface area contributed by atoms with E-state index in [0.29, 0.717) is 0 Å². The monoisotopic (exact) mass is 357 g/mol. The van der Waals surface area contributed by atoms with Crippen LogP contribution in [0.4, 0.5) is 5.82 Å². The Morgan fingerprint density at radius 1 is 1.27 bits per heavy atom.